The predicted octanol–water partition coefficient (Wildman–Crippen LogP) is 1.34. The van der Waals surface area contributed by atoms with Crippen LogP contribution in [0.1, 0.15) is 23.7 Å². The second kappa shape index (κ2) is 9.39. The van der Waals surface area contributed by atoms with E-state index in [9.17, 15) is 19.1 Å². The first-order valence-electron chi connectivity index (χ1n) is 9.63. The minimum atomic E-state index is -1.80. The van der Waals surface area contributed by atoms with Gasteiger partial charge in [-0.05, 0) is 40.3 Å². The zero-order chi connectivity index (χ0) is 22.7. The summed E-state index contributed by atoms with van der Waals surface area (Å²) in [4.78, 5) is 30.8. The number of rotatable bonds is 6. The van der Waals surface area contributed by atoms with Crippen LogP contribution in [0, 0.1) is 5.82 Å². The Bertz CT molecular complexity index is 1130. The number of tetrazole rings is 1. The SMILES string of the molecule is O=C(NCc1cc(Cl)ccc1-n1cnnn1)C1CCON1C(=O)C(O)c1ccccc1F. The minimum Gasteiger partial charge on any atom is -0.378 e. The molecule has 0 aliphatic carbocycles. The predicted molar refractivity (Wildman–Crippen MR) is 109 cm³/mol. The van der Waals surface area contributed by atoms with Crippen molar-refractivity contribution < 1.29 is 23.9 Å². The van der Waals surface area contributed by atoms with Gasteiger partial charge in [-0.2, -0.15) is 0 Å². The van der Waals surface area contributed by atoms with Crippen LogP contribution in [-0.2, 0) is 21.0 Å². The molecule has 2 unspecified atom stereocenters. The van der Waals surface area contributed by atoms with Crippen molar-refractivity contribution in [2.24, 2.45) is 0 Å². The molecule has 0 bridgehead atoms. The summed E-state index contributed by atoms with van der Waals surface area (Å²) in [6.07, 6.45) is -0.176. The van der Waals surface area contributed by atoms with Crippen molar-refractivity contribution in [2.75, 3.05) is 6.61 Å². The molecule has 166 valence electrons. The molecule has 1 aliphatic rings. The van der Waals surface area contributed by atoms with E-state index in [2.05, 4.69) is 20.8 Å². The van der Waals surface area contributed by atoms with Crippen LogP contribution in [0.15, 0.2) is 48.8 Å². The van der Waals surface area contributed by atoms with E-state index in [-0.39, 0.29) is 25.1 Å². The van der Waals surface area contributed by atoms with Gasteiger partial charge in [0.15, 0.2) is 6.10 Å². The third kappa shape index (κ3) is 4.44. The molecule has 0 radical (unpaired) electrons. The number of halogens is 2. The maximum absolute atomic E-state index is 14.0. The molecule has 32 heavy (non-hydrogen) atoms. The number of nitrogens with one attached hydrogen (secondary N) is 1. The van der Waals surface area contributed by atoms with Crippen molar-refractivity contribution in [3.63, 3.8) is 0 Å². The molecule has 10 nitrogen and oxygen atoms in total. The van der Waals surface area contributed by atoms with Gasteiger partial charge in [0, 0.05) is 23.6 Å². The number of hydroxylamine groups is 2. The molecular formula is C20H18ClFN6O4. The second-order valence-corrected chi connectivity index (χ2v) is 7.41. The van der Waals surface area contributed by atoms with Crippen molar-refractivity contribution >= 4 is 23.4 Å². The van der Waals surface area contributed by atoms with Crippen LogP contribution in [0.25, 0.3) is 5.69 Å². The lowest BCUT2D eigenvalue weighted by atomic mass is 10.1. The van der Waals surface area contributed by atoms with Crippen LogP contribution in [0.5, 0.6) is 0 Å². The molecule has 2 N–H and O–H groups in total. The standard InChI is InChI=1S/C20H18ClFN6O4/c21-13-5-6-16(27-11-24-25-26-27)12(9-13)10-23-19(30)17-7-8-32-28(17)20(31)18(29)14-3-1-2-4-15(14)22/h1-6,9,11,17-18,29H,7-8,10H2,(H,23,30). The van der Waals surface area contributed by atoms with Crippen molar-refractivity contribution in [3.8, 4) is 5.69 Å². The van der Waals surface area contributed by atoms with Crippen molar-refractivity contribution in [3.05, 3.63) is 70.8 Å². The third-order valence-electron chi connectivity index (χ3n) is 4.95. The van der Waals surface area contributed by atoms with Gasteiger partial charge < -0.3 is 10.4 Å². The van der Waals surface area contributed by atoms with E-state index in [0.717, 1.165) is 11.1 Å². The first kappa shape index (κ1) is 21.8. The summed E-state index contributed by atoms with van der Waals surface area (Å²) in [5, 5.41) is 25.4. The first-order valence-corrected chi connectivity index (χ1v) is 10.0. The Balaban J connectivity index is 1.46. The highest BCUT2D eigenvalue weighted by Crippen LogP contribution is 2.24. The molecule has 2 aromatic carbocycles. The van der Waals surface area contributed by atoms with E-state index >= 15 is 0 Å². The van der Waals surface area contributed by atoms with Gasteiger partial charge in [-0.1, -0.05) is 29.8 Å². The molecule has 3 aromatic rings. The number of hydrogen-bond donors (Lipinski definition) is 2. The number of aliphatic hydroxyl groups excluding tert-OH is 1. The van der Waals surface area contributed by atoms with E-state index in [4.69, 9.17) is 16.4 Å². The molecule has 1 saturated heterocycles. The quantitative estimate of drug-likeness (QED) is 0.569. The van der Waals surface area contributed by atoms with Crippen LogP contribution < -0.4 is 5.32 Å². The fourth-order valence-electron chi connectivity index (χ4n) is 3.37. The third-order valence-corrected chi connectivity index (χ3v) is 5.18. The molecule has 2 amide bonds. The minimum absolute atomic E-state index is 0.0724. The summed E-state index contributed by atoms with van der Waals surface area (Å²) in [7, 11) is 0. The lowest BCUT2D eigenvalue weighted by Crippen LogP contribution is -2.46. The van der Waals surface area contributed by atoms with E-state index in [0.29, 0.717) is 16.3 Å². The Hall–Kier alpha value is -3.41. The molecule has 0 saturated carbocycles. The lowest BCUT2D eigenvalue weighted by molar-refractivity contribution is -0.188. The number of aliphatic hydroxyl groups is 1. The largest absolute Gasteiger partial charge is 0.378 e. The zero-order valence-electron chi connectivity index (χ0n) is 16.6. The smallest absolute Gasteiger partial charge is 0.280 e. The average molecular weight is 461 g/mol. The first-order chi connectivity index (χ1) is 15.5. The van der Waals surface area contributed by atoms with E-state index in [1.54, 1.807) is 18.2 Å². The molecular weight excluding hydrogens is 443 g/mol. The van der Waals surface area contributed by atoms with E-state index < -0.39 is 29.8 Å². The molecule has 4 rings (SSSR count). The topological polar surface area (TPSA) is 122 Å². The van der Waals surface area contributed by atoms with E-state index in [1.807, 2.05) is 0 Å². The Morgan fingerprint density at radius 1 is 1.31 bits per heavy atom. The summed E-state index contributed by atoms with van der Waals surface area (Å²) in [5.41, 5.74) is 1.06. The Morgan fingerprint density at radius 2 is 2.12 bits per heavy atom. The Morgan fingerprint density at radius 3 is 2.88 bits per heavy atom. The van der Waals surface area contributed by atoms with Crippen molar-refractivity contribution in [1.29, 1.82) is 0 Å². The zero-order valence-corrected chi connectivity index (χ0v) is 17.3. The van der Waals surface area contributed by atoms with Crippen LogP contribution in [-0.4, -0.2) is 54.8 Å². The van der Waals surface area contributed by atoms with Gasteiger partial charge in [0.25, 0.3) is 5.91 Å². The molecule has 1 aromatic heterocycles. The maximum Gasteiger partial charge on any atom is 0.280 e. The van der Waals surface area contributed by atoms with Crippen molar-refractivity contribution in [1.82, 2.24) is 30.6 Å². The summed E-state index contributed by atoms with van der Waals surface area (Å²) >= 11 is 6.09. The van der Waals surface area contributed by atoms with Crippen LogP contribution in [0.4, 0.5) is 4.39 Å². The Kier molecular flexibility index (Phi) is 6.40. The molecule has 2 atom stereocenters. The van der Waals surface area contributed by atoms with Gasteiger partial charge in [-0.3, -0.25) is 14.4 Å². The van der Waals surface area contributed by atoms with Gasteiger partial charge in [0.1, 0.15) is 18.2 Å². The van der Waals surface area contributed by atoms with Crippen LogP contribution in [0.2, 0.25) is 5.02 Å². The van der Waals surface area contributed by atoms with E-state index in [1.165, 1.54) is 29.2 Å². The van der Waals surface area contributed by atoms with Gasteiger partial charge in [0.2, 0.25) is 5.91 Å². The lowest BCUT2D eigenvalue weighted by Gasteiger charge is -2.24. The number of aromatic nitrogens is 4. The highest BCUT2D eigenvalue weighted by Gasteiger charge is 2.39. The maximum atomic E-state index is 14.0. The number of hydrogen-bond acceptors (Lipinski definition) is 7. The van der Waals surface area contributed by atoms with Gasteiger partial charge in [0.05, 0.1) is 12.3 Å². The fourth-order valence-corrected chi connectivity index (χ4v) is 3.56. The normalized spacial score (nSPS) is 16.7. The Labute approximate surface area is 186 Å². The molecule has 1 fully saturated rings. The number of carbonyl (C=O) groups excluding carboxylic acids is 2. The highest BCUT2D eigenvalue weighted by molar-refractivity contribution is 6.30. The summed E-state index contributed by atoms with van der Waals surface area (Å²) in [6, 6.07) is 9.42. The summed E-state index contributed by atoms with van der Waals surface area (Å²) in [5.74, 6) is -2.16. The number of nitrogens with zero attached hydrogens (tertiary/aromatic N) is 5. The van der Waals surface area contributed by atoms with Crippen LogP contribution in [0.3, 0.4) is 0 Å². The van der Waals surface area contributed by atoms with Gasteiger partial charge >= 0.3 is 0 Å². The number of amides is 2. The number of carbonyl (C=O) groups is 2. The van der Waals surface area contributed by atoms with Gasteiger partial charge in [-0.15, -0.1) is 5.10 Å². The van der Waals surface area contributed by atoms with Gasteiger partial charge in [-0.25, -0.2) is 14.1 Å². The molecule has 2 heterocycles. The number of benzene rings is 2. The second-order valence-electron chi connectivity index (χ2n) is 6.97. The fraction of sp³-hybridized carbons (Fsp3) is 0.250. The van der Waals surface area contributed by atoms with Crippen LogP contribution >= 0.6 is 11.6 Å². The molecule has 1 aliphatic heterocycles. The van der Waals surface area contributed by atoms with Crippen molar-refractivity contribution in [2.45, 2.75) is 25.1 Å². The summed E-state index contributed by atoms with van der Waals surface area (Å²) < 4.78 is 15.4. The highest BCUT2D eigenvalue weighted by atomic mass is 35.5. The summed E-state index contributed by atoms with van der Waals surface area (Å²) in [6.45, 7) is 0.170. The molecule has 12 heteroatoms. The molecule has 0 spiro atoms. The average Bonchev–Trinajstić information content (AvgIpc) is 3.49. The monoisotopic (exact) mass is 460 g/mol.